The zero-order valence-corrected chi connectivity index (χ0v) is 21.9. The second kappa shape index (κ2) is 8.89. The van der Waals surface area contributed by atoms with Gasteiger partial charge in [0.25, 0.3) is 5.84 Å². The molecule has 2 fully saturated rings. The van der Waals surface area contributed by atoms with Crippen molar-refractivity contribution in [3.8, 4) is 5.75 Å². The minimum absolute atomic E-state index is 0.202. The third-order valence-electron chi connectivity index (χ3n) is 9.69. The summed E-state index contributed by atoms with van der Waals surface area (Å²) in [6.07, 6.45) is 8.82. The first kappa shape index (κ1) is 25.1. The monoisotopic (exact) mass is 466 g/mol. The van der Waals surface area contributed by atoms with Crippen LogP contribution in [0.3, 0.4) is 0 Å². The lowest BCUT2D eigenvalue weighted by molar-refractivity contribution is -0.136. The van der Waals surface area contributed by atoms with E-state index in [2.05, 4.69) is 52.6 Å². The molecule has 5 atom stereocenters. The number of aliphatic imine (C=N–C) groups is 1. The van der Waals surface area contributed by atoms with E-state index >= 15 is 0 Å². The number of esters is 1. The van der Waals surface area contributed by atoms with Crippen molar-refractivity contribution in [3.63, 3.8) is 0 Å². The number of aryl methyl sites for hydroxylation is 1. The number of amidine groups is 1. The fraction of sp³-hybridized carbons (Fsp3) is 0.690. The molecule has 4 N–H and O–H groups in total. The minimum atomic E-state index is -0.668. The van der Waals surface area contributed by atoms with Crippen LogP contribution in [0.15, 0.2) is 17.1 Å². The number of nitrogens with two attached hydrogens (primary N) is 2. The van der Waals surface area contributed by atoms with E-state index in [9.17, 15) is 4.79 Å². The van der Waals surface area contributed by atoms with Crippen LogP contribution in [-0.4, -0.2) is 24.4 Å². The Bertz CT molecular complexity index is 980. The lowest BCUT2D eigenvalue weighted by Crippen LogP contribution is -2.55. The molecule has 5 nitrogen and oxygen atoms in total. The Labute approximate surface area is 206 Å². The molecule has 2 saturated carbocycles. The molecular weight excluding hydrogens is 422 g/mol. The largest absolute Gasteiger partial charge is 0.425 e. The van der Waals surface area contributed by atoms with Crippen LogP contribution in [0.2, 0.25) is 0 Å². The lowest BCUT2D eigenvalue weighted by atomic mass is 9.43. The van der Waals surface area contributed by atoms with Gasteiger partial charge in [-0.3, -0.25) is 0 Å². The molecule has 1 aromatic carbocycles. The van der Waals surface area contributed by atoms with Gasteiger partial charge >= 0.3 is 5.97 Å². The average molecular weight is 467 g/mol. The Morgan fingerprint density at radius 2 is 1.94 bits per heavy atom. The number of benzene rings is 1. The van der Waals surface area contributed by atoms with Crippen LogP contribution in [0.4, 0.5) is 0 Å². The maximum atomic E-state index is 12.7. The molecule has 0 spiro atoms. The van der Waals surface area contributed by atoms with Crippen LogP contribution >= 0.6 is 0 Å². The van der Waals surface area contributed by atoms with Crippen molar-refractivity contribution in [2.75, 3.05) is 6.54 Å². The van der Waals surface area contributed by atoms with E-state index in [0.717, 1.165) is 12.3 Å². The molecular formula is C29H44N3O2+. The highest BCUT2D eigenvalue weighted by Gasteiger charge is 2.61. The Kier molecular flexibility index (Phi) is 6.56. The first-order chi connectivity index (χ1) is 15.9. The molecule has 4 rings (SSSR count). The Balaban J connectivity index is 1.53. The number of rotatable bonds is 6. The van der Waals surface area contributed by atoms with Gasteiger partial charge in [-0.1, -0.05) is 34.1 Å². The van der Waals surface area contributed by atoms with Crippen molar-refractivity contribution < 1.29 is 9.53 Å². The van der Waals surface area contributed by atoms with Gasteiger partial charge in [-0.05, 0) is 109 Å². The molecule has 3 aliphatic carbocycles. The Morgan fingerprint density at radius 3 is 2.65 bits per heavy atom. The predicted octanol–water partition coefficient (Wildman–Crippen LogP) is 5.26. The third-order valence-corrected chi connectivity index (χ3v) is 9.69. The summed E-state index contributed by atoms with van der Waals surface area (Å²) in [5.74, 6) is 1.97. The predicted molar refractivity (Wildman–Crippen MR) is 139 cm³/mol. The first-order valence-electron chi connectivity index (χ1n) is 13.1. The highest BCUT2D eigenvalue weighted by molar-refractivity contribution is 5.84. The van der Waals surface area contributed by atoms with E-state index in [0.29, 0.717) is 47.7 Å². The molecule has 0 bridgehead atoms. The Morgan fingerprint density at radius 1 is 1.21 bits per heavy atom. The summed E-state index contributed by atoms with van der Waals surface area (Å²) in [5, 5.41) is 0. The molecule has 2 unspecified atom stereocenters. The van der Waals surface area contributed by atoms with Gasteiger partial charge in [-0.15, -0.1) is 0 Å². The number of nitrogens with zero attached hydrogens (tertiary/aromatic N) is 1. The molecule has 1 aromatic rings. The number of hydrogen-bond acceptors (Lipinski definition) is 4. The molecule has 0 heterocycles. The van der Waals surface area contributed by atoms with E-state index in [1.54, 1.807) is 0 Å². The van der Waals surface area contributed by atoms with E-state index < -0.39 is 6.04 Å². The van der Waals surface area contributed by atoms with Crippen LogP contribution in [-0.2, 0) is 16.6 Å². The summed E-state index contributed by atoms with van der Waals surface area (Å²) >= 11 is 0. The molecule has 0 aliphatic heterocycles. The molecule has 186 valence electrons. The van der Waals surface area contributed by atoms with Crippen LogP contribution in [0.25, 0.3) is 0 Å². The lowest BCUT2D eigenvalue weighted by Gasteiger charge is -2.61. The molecule has 0 aromatic heterocycles. The molecule has 5 heteroatoms. The van der Waals surface area contributed by atoms with Gasteiger partial charge in [-0.2, -0.15) is 0 Å². The van der Waals surface area contributed by atoms with Crippen LogP contribution in [0, 0.1) is 36.5 Å². The van der Waals surface area contributed by atoms with Crippen molar-refractivity contribution in [1.82, 2.24) is 0 Å². The number of carbonyl (C=O) groups excluding carboxylic acids is 1. The summed E-state index contributed by atoms with van der Waals surface area (Å²) in [6, 6.07) is 3.50. The van der Waals surface area contributed by atoms with Gasteiger partial charge in [0.05, 0.1) is 0 Å². The number of ether oxygens (including phenoxy) is 1. The van der Waals surface area contributed by atoms with Gasteiger partial charge < -0.3 is 16.2 Å². The fourth-order valence-corrected chi connectivity index (χ4v) is 8.33. The summed E-state index contributed by atoms with van der Waals surface area (Å²) in [5.41, 5.74) is 16.7. The van der Waals surface area contributed by atoms with Crippen LogP contribution in [0.1, 0.15) is 89.3 Å². The van der Waals surface area contributed by atoms with E-state index in [4.69, 9.17) is 16.2 Å². The highest BCUT2D eigenvalue weighted by atomic mass is 16.5. The van der Waals surface area contributed by atoms with Crippen molar-refractivity contribution >= 4 is 11.8 Å². The first-order valence-corrected chi connectivity index (χ1v) is 13.1. The van der Waals surface area contributed by atoms with Crippen molar-refractivity contribution in [2.45, 2.75) is 97.4 Å². The van der Waals surface area contributed by atoms with E-state index in [1.165, 1.54) is 48.8 Å². The zero-order valence-electron chi connectivity index (χ0n) is 21.9. The van der Waals surface area contributed by atoms with E-state index in [1.807, 2.05) is 6.07 Å². The quantitative estimate of drug-likeness (QED) is 0.149. The number of carbonyl (C=O) groups is 1. The third kappa shape index (κ3) is 4.25. The second-order valence-electron chi connectivity index (χ2n) is 12.4. The zero-order chi connectivity index (χ0) is 24.9. The van der Waals surface area contributed by atoms with Gasteiger partial charge in [-0.25, -0.2) is 9.79 Å². The van der Waals surface area contributed by atoms with Gasteiger partial charge in [0.1, 0.15) is 18.7 Å². The highest BCUT2D eigenvalue weighted by Crippen LogP contribution is 2.67. The summed E-state index contributed by atoms with van der Waals surface area (Å²) < 4.78 is 5.77. The van der Waals surface area contributed by atoms with Crippen LogP contribution < -0.4 is 16.2 Å². The van der Waals surface area contributed by atoms with Crippen molar-refractivity contribution in [1.29, 1.82) is 0 Å². The molecule has 0 amide bonds. The average Bonchev–Trinajstić information content (AvgIpc) is 3.04. The number of hydrogen-bond donors (Lipinski definition) is 2. The topological polar surface area (TPSA) is 90.7 Å². The van der Waals surface area contributed by atoms with E-state index in [-0.39, 0.29) is 11.4 Å². The summed E-state index contributed by atoms with van der Waals surface area (Å²) in [6.45, 7) is 16.3. The molecule has 0 saturated heterocycles. The Hall–Kier alpha value is -2.01. The smallest absolute Gasteiger partial charge is 0.328 e. The van der Waals surface area contributed by atoms with Crippen molar-refractivity contribution in [2.24, 2.45) is 39.1 Å². The summed E-state index contributed by atoms with van der Waals surface area (Å²) in [7, 11) is 0. The van der Waals surface area contributed by atoms with Gasteiger partial charge in [0, 0.05) is 6.54 Å². The van der Waals surface area contributed by atoms with Gasteiger partial charge in [0.15, 0.2) is 0 Å². The number of fused-ring (bicyclic) bond motifs is 5. The minimum Gasteiger partial charge on any atom is -0.425 e. The molecule has 0 radical (unpaired) electrons. The maximum absolute atomic E-state index is 12.7. The standard InChI is InChI=1S/C29H44N3O2/c1-18-15-21(34-26(33)22(31)9-7-14-32-19(2)30)16-20-17-24-28(5)12-8-11-27(3,4)23(28)10-13-29(24,6)25(18)20/h15-16,22-24H,2,7-14,17,31H2,1,3-6H3,(H2,30,32)/q+1/t22?,23?,24-,28+,29-/m1/s1. The maximum Gasteiger partial charge on any atom is 0.328 e. The molecule has 3 aliphatic rings. The fourth-order valence-electron chi connectivity index (χ4n) is 8.33. The summed E-state index contributed by atoms with van der Waals surface area (Å²) in [4.78, 5) is 16.7. The van der Waals surface area contributed by atoms with Crippen LogP contribution in [0.5, 0.6) is 5.75 Å². The normalized spacial score (nSPS) is 32.9. The van der Waals surface area contributed by atoms with Gasteiger partial charge in [0.2, 0.25) is 0 Å². The molecule has 34 heavy (non-hydrogen) atoms. The van der Waals surface area contributed by atoms with Crippen molar-refractivity contribution in [3.05, 3.63) is 35.7 Å². The second-order valence-corrected chi connectivity index (χ2v) is 12.4. The SMILES string of the molecule is [CH2+]C(N)=NCCCC(N)C(=O)Oc1cc(C)c2c(c1)C[C@H]1[C@@]2(C)CCC2C(C)(C)CCC[C@@]21C.